The number of aliphatic hydroxyl groups is 18. The van der Waals surface area contributed by atoms with E-state index in [1.807, 2.05) is 0 Å². The molecule has 20 N–H and O–H groups in total. The van der Waals surface area contributed by atoms with Gasteiger partial charge in [-0.3, -0.25) is 9.59 Å². The molecule has 33 heteroatoms. The Balaban J connectivity index is 1.21. The van der Waals surface area contributed by atoms with Crippen molar-refractivity contribution in [1.29, 1.82) is 0 Å². The van der Waals surface area contributed by atoms with E-state index in [0.717, 1.165) is 13.8 Å². The highest BCUT2D eigenvalue weighted by Crippen LogP contribution is 2.37. The molecule has 6 aliphatic heterocycles. The van der Waals surface area contributed by atoms with Gasteiger partial charge in [0.15, 0.2) is 37.7 Å². The molecule has 0 radical (unpaired) electrons. The van der Waals surface area contributed by atoms with Crippen molar-refractivity contribution in [3.8, 4) is 0 Å². The second-order valence-electron chi connectivity index (χ2n) is 18.2. The Morgan fingerprint density at radius 1 is 0.329 bits per heavy atom. The van der Waals surface area contributed by atoms with Crippen LogP contribution in [0.4, 0.5) is 0 Å². The van der Waals surface area contributed by atoms with Crippen molar-refractivity contribution in [2.75, 3.05) is 39.6 Å². The van der Waals surface area contributed by atoms with Crippen molar-refractivity contribution >= 4 is 11.8 Å². The van der Waals surface area contributed by atoms with Crippen LogP contribution in [0.5, 0.6) is 0 Å². The van der Waals surface area contributed by atoms with E-state index in [1.54, 1.807) is 0 Å². The van der Waals surface area contributed by atoms with Gasteiger partial charge < -0.3 is 155 Å². The third-order valence-corrected chi connectivity index (χ3v) is 13.2. The highest BCUT2D eigenvalue weighted by Gasteiger charge is 2.58. The maximum atomic E-state index is 12.7. The maximum absolute atomic E-state index is 12.7. The number of amides is 2. The first-order valence-corrected chi connectivity index (χ1v) is 23.1. The summed E-state index contributed by atoms with van der Waals surface area (Å²) in [5, 5.41) is 196. The lowest BCUT2D eigenvalue weighted by atomic mass is 9.93. The molecule has 6 rings (SSSR count). The summed E-state index contributed by atoms with van der Waals surface area (Å²) in [4.78, 5) is 25.2. The van der Waals surface area contributed by atoms with E-state index in [0.29, 0.717) is 0 Å². The van der Waals surface area contributed by atoms with Gasteiger partial charge in [-0.25, -0.2) is 0 Å². The van der Waals surface area contributed by atoms with Gasteiger partial charge in [0.2, 0.25) is 11.8 Å². The highest BCUT2D eigenvalue weighted by molar-refractivity contribution is 5.73. The van der Waals surface area contributed by atoms with Crippen molar-refractivity contribution in [1.82, 2.24) is 10.6 Å². The van der Waals surface area contributed by atoms with Crippen LogP contribution in [0, 0.1) is 0 Å². The predicted octanol–water partition coefficient (Wildman–Crippen LogP) is -13.8. The SMILES string of the molecule is CC(=O)N[C@H]1[C@H](O[C@@H]2[C@H](O)[C@@H](O)[C@H](O[C@H]3[C@@H](O)[C@@H](CO)O[C@@H](O[C@@H]4[C@H](O)[C@@H](O)[C@H](O[C@H]5[C@H](O)[C@@H](O)C(O)O[C@@H]5CO)O[C@@H]4CO)[C@@H]3NC(C)=O)O[C@@H]2CO)O[C@H](CO)[C@H](O)[C@@H]1O[C@@H]1O[C@H](CO)[C@H](O)[C@H](O)[C@H]1O. The molecule has 0 spiro atoms. The molecule has 6 aliphatic rings. The number of nitrogens with one attached hydrogen (secondary N) is 2. The van der Waals surface area contributed by atoms with E-state index in [9.17, 15) is 102 Å². The molecule has 0 saturated carbocycles. The molecule has 1 unspecified atom stereocenters. The van der Waals surface area contributed by atoms with E-state index in [2.05, 4.69) is 10.6 Å². The molecular weight excluding hydrogens is 1000 g/mol. The van der Waals surface area contributed by atoms with Gasteiger partial charge in [0.05, 0.1) is 39.6 Å². The summed E-state index contributed by atoms with van der Waals surface area (Å²) in [7, 11) is 0. The van der Waals surface area contributed by atoms with Crippen molar-refractivity contribution in [2.45, 2.75) is 198 Å². The summed E-state index contributed by atoms with van der Waals surface area (Å²) in [6.45, 7) is -3.79. The monoisotopic (exact) mass is 1070 g/mol. The van der Waals surface area contributed by atoms with Gasteiger partial charge in [-0.05, 0) is 0 Å². The maximum Gasteiger partial charge on any atom is 0.217 e. The quantitative estimate of drug-likeness (QED) is 0.0606. The van der Waals surface area contributed by atoms with E-state index in [1.165, 1.54) is 0 Å². The van der Waals surface area contributed by atoms with Crippen LogP contribution >= 0.6 is 0 Å². The first-order chi connectivity index (χ1) is 34.5. The second-order valence-corrected chi connectivity index (χ2v) is 18.2. The summed E-state index contributed by atoms with van der Waals surface area (Å²) < 4.78 is 62.7. The average Bonchev–Trinajstić information content (AvgIpc) is 3.36. The van der Waals surface area contributed by atoms with Crippen molar-refractivity contribution in [3.63, 3.8) is 0 Å². The van der Waals surface area contributed by atoms with Crippen molar-refractivity contribution in [2.24, 2.45) is 0 Å². The minimum Gasteiger partial charge on any atom is -0.394 e. The molecule has 424 valence electrons. The van der Waals surface area contributed by atoms with Crippen LogP contribution < -0.4 is 10.6 Å². The van der Waals surface area contributed by atoms with Crippen LogP contribution in [0.15, 0.2) is 0 Å². The highest BCUT2D eigenvalue weighted by atomic mass is 16.8. The molecule has 0 bridgehead atoms. The Kier molecular flexibility index (Phi) is 21.3. The van der Waals surface area contributed by atoms with Crippen molar-refractivity contribution < 1.29 is 154 Å². The number of aliphatic hydroxyl groups excluding tert-OH is 18. The van der Waals surface area contributed by atoms with Gasteiger partial charge in [-0.2, -0.15) is 0 Å². The molecule has 0 aromatic heterocycles. The van der Waals surface area contributed by atoms with Gasteiger partial charge in [-0.15, -0.1) is 0 Å². The number of rotatable bonds is 18. The topological polar surface area (TPSA) is 524 Å². The summed E-state index contributed by atoms with van der Waals surface area (Å²) >= 11 is 0. The van der Waals surface area contributed by atoms with E-state index >= 15 is 0 Å². The summed E-state index contributed by atoms with van der Waals surface area (Å²) in [6, 6.07) is -3.45. The number of carbonyl (C=O) groups excluding carboxylic acids is 2. The first kappa shape index (κ1) is 60.0. The zero-order valence-electron chi connectivity index (χ0n) is 38.9. The molecule has 73 heavy (non-hydrogen) atoms. The summed E-state index contributed by atoms with van der Waals surface area (Å²) in [5.41, 5.74) is 0. The zero-order valence-corrected chi connectivity index (χ0v) is 38.9. The number of hydrogen-bond acceptors (Lipinski definition) is 31. The Labute approximate surface area is 413 Å². The lowest BCUT2D eigenvalue weighted by molar-refractivity contribution is -0.384. The molecule has 6 fully saturated rings. The van der Waals surface area contributed by atoms with Crippen LogP contribution in [0.3, 0.4) is 0 Å². The molecule has 6 heterocycles. The van der Waals surface area contributed by atoms with E-state index in [4.69, 9.17) is 52.1 Å². The summed E-state index contributed by atoms with van der Waals surface area (Å²) in [5.74, 6) is -1.68. The normalized spacial score (nSPS) is 49.8. The van der Waals surface area contributed by atoms with Gasteiger partial charge in [-0.1, -0.05) is 0 Å². The van der Waals surface area contributed by atoms with E-state index in [-0.39, 0.29) is 0 Å². The lowest BCUT2D eigenvalue weighted by Gasteiger charge is -2.51. The average molecular weight is 1070 g/mol. The molecule has 6 saturated heterocycles. The smallest absolute Gasteiger partial charge is 0.217 e. The fraction of sp³-hybridized carbons (Fsp3) is 0.950. The number of ether oxygens (including phenoxy) is 11. The van der Waals surface area contributed by atoms with Gasteiger partial charge in [0, 0.05) is 13.8 Å². The Hall–Kier alpha value is -2.22. The van der Waals surface area contributed by atoms with Gasteiger partial charge in [0.25, 0.3) is 0 Å². The Morgan fingerprint density at radius 2 is 0.603 bits per heavy atom. The van der Waals surface area contributed by atoms with Crippen LogP contribution in [-0.2, 0) is 61.7 Å². The first-order valence-electron chi connectivity index (χ1n) is 23.1. The molecule has 0 aromatic rings. The van der Waals surface area contributed by atoms with Gasteiger partial charge >= 0.3 is 0 Å². The fourth-order valence-electron chi connectivity index (χ4n) is 9.32. The number of carbonyl (C=O) groups is 2. The Bertz CT molecular complexity index is 1740. The third-order valence-electron chi connectivity index (χ3n) is 13.2. The van der Waals surface area contributed by atoms with E-state index < -0.39 is 236 Å². The minimum absolute atomic E-state index is 0.822. The standard InChI is InChI=1S/C40H68N2O31/c1-9(49)41-17-33(72-38-27(59)22(54)19(51)11(3-43)66-38)20(52)12(4-44)64-36(17)70-32-16(8-48)68-40(29(61)25(32)57)73-34-18(42-10(2)50)37(65-13(5-45)21(34)53)69-31-15(7-47)67-39(28(60)24(31)56)71-30-14(6-46)63-35(62)26(58)23(30)55/h11-40,43-48,51-62H,3-8H2,1-2H3,(H,41,49)(H,42,50)/t11-,12-,13-,14-,15-,16-,17-,18-,19+,20+,21+,22+,23-,24-,25-,26-,27-,28-,29-,30-,31+,32+,33-,34-,35?,36+,37+,38+,39+,40+/m1/s1. The number of hydrogen-bond donors (Lipinski definition) is 20. The van der Waals surface area contributed by atoms with Crippen LogP contribution in [0.25, 0.3) is 0 Å². The fourth-order valence-corrected chi connectivity index (χ4v) is 9.32. The summed E-state index contributed by atoms with van der Waals surface area (Å²) in [6.07, 6.45) is -52.9. The van der Waals surface area contributed by atoms with Crippen LogP contribution in [0.2, 0.25) is 0 Å². The molecule has 33 nitrogen and oxygen atoms in total. The third kappa shape index (κ3) is 12.9. The molecule has 2 amide bonds. The zero-order chi connectivity index (χ0) is 53.9. The molecule has 0 aromatic carbocycles. The largest absolute Gasteiger partial charge is 0.394 e. The second kappa shape index (κ2) is 26.0. The van der Waals surface area contributed by atoms with Crippen molar-refractivity contribution in [3.05, 3.63) is 0 Å². The molecule has 30 atom stereocenters. The molecule has 0 aliphatic carbocycles. The minimum atomic E-state index is -2.25. The van der Waals surface area contributed by atoms with Gasteiger partial charge in [0.1, 0.15) is 146 Å². The predicted molar refractivity (Wildman–Crippen MR) is 222 cm³/mol. The van der Waals surface area contributed by atoms with Crippen LogP contribution in [0.1, 0.15) is 13.8 Å². The van der Waals surface area contributed by atoms with Crippen LogP contribution in [-0.4, -0.2) is 327 Å². The lowest BCUT2D eigenvalue weighted by Crippen LogP contribution is -2.71. The Morgan fingerprint density at radius 3 is 0.959 bits per heavy atom. The molecular formula is C40H68N2O31.